The fourth-order valence-electron chi connectivity index (χ4n) is 4.42. The van der Waals surface area contributed by atoms with Crippen LogP contribution in [0.5, 0.6) is 0 Å². The number of fused-ring (bicyclic) bond motifs is 3. The topological polar surface area (TPSA) is 104 Å². The van der Waals surface area contributed by atoms with Crippen molar-refractivity contribution in [2.75, 3.05) is 48.6 Å². The fraction of sp³-hybridized carbons (Fsp3) is 0.304. The van der Waals surface area contributed by atoms with Gasteiger partial charge in [-0.05, 0) is 55.8 Å². The summed E-state index contributed by atoms with van der Waals surface area (Å²) < 4.78 is 28.2. The van der Waals surface area contributed by atoms with Crippen molar-refractivity contribution in [1.29, 1.82) is 0 Å². The molecule has 172 valence electrons. The number of nitrogens with two attached hydrogens (primary N) is 1. The smallest absolute Gasteiger partial charge is 0.261 e. The molecule has 0 atom stereocenters. The van der Waals surface area contributed by atoms with Crippen molar-refractivity contribution < 1.29 is 8.42 Å². The van der Waals surface area contributed by atoms with E-state index in [-0.39, 0.29) is 10.8 Å². The van der Waals surface area contributed by atoms with Crippen molar-refractivity contribution in [2.45, 2.75) is 17.7 Å². The Morgan fingerprint density at radius 3 is 2.58 bits per heavy atom. The van der Waals surface area contributed by atoms with Gasteiger partial charge in [0.05, 0.1) is 10.6 Å². The predicted octanol–water partition coefficient (Wildman–Crippen LogP) is 3.03. The summed E-state index contributed by atoms with van der Waals surface area (Å²) in [6.07, 6.45) is 1.54. The molecule has 10 heteroatoms. The van der Waals surface area contributed by atoms with Crippen molar-refractivity contribution in [3.8, 4) is 11.3 Å². The third-order valence-electron chi connectivity index (χ3n) is 6.17. The highest BCUT2D eigenvalue weighted by Crippen LogP contribution is 2.38. The number of nitrogen functional groups attached to an aromatic ring is 1. The molecule has 0 spiro atoms. The maximum absolute atomic E-state index is 12.8. The van der Waals surface area contributed by atoms with Gasteiger partial charge >= 0.3 is 0 Å². The van der Waals surface area contributed by atoms with Gasteiger partial charge in [-0.2, -0.15) is 4.98 Å². The van der Waals surface area contributed by atoms with Crippen molar-refractivity contribution in [3.05, 3.63) is 58.6 Å². The van der Waals surface area contributed by atoms with Gasteiger partial charge in [-0.1, -0.05) is 23.7 Å². The lowest BCUT2D eigenvalue weighted by Crippen LogP contribution is -2.45. The Balaban J connectivity index is 1.47. The molecule has 0 saturated carbocycles. The first-order valence-electron chi connectivity index (χ1n) is 10.8. The monoisotopic (exact) mass is 484 g/mol. The Labute approximate surface area is 198 Å². The zero-order valence-corrected chi connectivity index (χ0v) is 19.8. The zero-order valence-electron chi connectivity index (χ0n) is 18.3. The van der Waals surface area contributed by atoms with Gasteiger partial charge < -0.3 is 15.5 Å². The van der Waals surface area contributed by atoms with E-state index in [2.05, 4.69) is 31.5 Å². The predicted molar refractivity (Wildman–Crippen MR) is 131 cm³/mol. The Bertz CT molecular complexity index is 1320. The molecule has 0 unspecified atom stereocenters. The highest BCUT2D eigenvalue weighted by atomic mass is 35.5. The Morgan fingerprint density at radius 2 is 1.82 bits per heavy atom. The SMILES string of the molecule is CN1CCN(c2nc(N)nc3c2CCc2cc(NS(=O)(=O)c4cccc(Cl)c4)ccc2-3)CC1. The van der Waals surface area contributed by atoms with Crippen molar-refractivity contribution in [3.63, 3.8) is 0 Å². The molecule has 2 aliphatic rings. The van der Waals surface area contributed by atoms with E-state index in [4.69, 9.17) is 17.3 Å². The molecular weight excluding hydrogens is 460 g/mol. The number of aryl methyl sites for hydroxylation is 1. The minimum absolute atomic E-state index is 0.121. The molecule has 1 fully saturated rings. The molecule has 1 aliphatic heterocycles. The summed E-state index contributed by atoms with van der Waals surface area (Å²) in [7, 11) is -1.63. The van der Waals surface area contributed by atoms with Gasteiger partial charge in [0, 0.05) is 48.0 Å². The number of nitrogens with zero attached hydrogens (tertiary/aromatic N) is 4. The number of halogens is 1. The van der Waals surface area contributed by atoms with Crippen LogP contribution in [-0.2, 0) is 22.9 Å². The van der Waals surface area contributed by atoms with Crippen LogP contribution < -0.4 is 15.4 Å². The van der Waals surface area contributed by atoms with E-state index in [0.717, 1.165) is 67.2 Å². The van der Waals surface area contributed by atoms with Gasteiger partial charge in [-0.15, -0.1) is 0 Å². The summed E-state index contributed by atoms with van der Waals surface area (Å²) in [5, 5.41) is 0.369. The van der Waals surface area contributed by atoms with E-state index < -0.39 is 10.0 Å². The number of benzene rings is 2. The lowest BCUT2D eigenvalue weighted by Gasteiger charge is -2.35. The normalized spacial score (nSPS) is 16.2. The van der Waals surface area contributed by atoms with Crippen LogP contribution in [0, 0.1) is 0 Å². The molecule has 2 heterocycles. The van der Waals surface area contributed by atoms with Gasteiger partial charge in [0.2, 0.25) is 5.95 Å². The molecule has 8 nitrogen and oxygen atoms in total. The van der Waals surface area contributed by atoms with Gasteiger partial charge in [0.15, 0.2) is 0 Å². The summed E-state index contributed by atoms with van der Waals surface area (Å²) in [6.45, 7) is 3.75. The van der Waals surface area contributed by atoms with E-state index in [9.17, 15) is 8.42 Å². The van der Waals surface area contributed by atoms with E-state index in [1.165, 1.54) is 12.1 Å². The third-order valence-corrected chi connectivity index (χ3v) is 7.78. The number of sulfonamides is 1. The number of anilines is 3. The quantitative estimate of drug-likeness (QED) is 0.586. The van der Waals surface area contributed by atoms with Crippen LogP contribution >= 0.6 is 11.6 Å². The van der Waals surface area contributed by atoms with Gasteiger partial charge in [0.25, 0.3) is 10.0 Å². The second kappa shape index (κ2) is 8.48. The number of rotatable bonds is 4. The number of hydrogen-bond donors (Lipinski definition) is 2. The minimum atomic E-state index is -3.75. The zero-order chi connectivity index (χ0) is 23.2. The van der Waals surface area contributed by atoms with E-state index in [0.29, 0.717) is 10.7 Å². The van der Waals surface area contributed by atoms with Crippen LogP contribution in [-0.4, -0.2) is 56.5 Å². The van der Waals surface area contributed by atoms with E-state index in [1.807, 2.05) is 12.1 Å². The maximum atomic E-state index is 12.8. The molecule has 0 amide bonds. The second-order valence-electron chi connectivity index (χ2n) is 8.46. The standard InChI is InChI=1S/C23H25ClN6O2S/c1-29-9-11-30(12-10-29)22-20-7-5-15-13-17(6-8-19(15)21(20)26-23(25)27-22)28-33(31,32)18-4-2-3-16(24)14-18/h2-4,6,8,13-14,28H,5,7,9-12H2,1H3,(H2,25,26,27). The van der Waals surface area contributed by atoms with Crippen LogP contribution in [0.3, 0.4) is 0 Å². The number of aromatic nitrogens is 2. The highest BCUT2D eigenvalue weighted by Gasteiger charge is 2.27. The van der Waals surface area contributed by atoms with Crippen LogP contribution in [0.25, 0.3) is 11.3 Å². The van der Waals surface area contributed by atoms with Crippen LogP contribution in [0.2, 0.25) is 5.02 Å². The number of likely N-dealkylation sites (N-methyl/N-ethyl adjacent to an activating group) is 1. The molecular formula is C23H25ClN6O2S. The van der Waals surface area contributed by atoms with Gasteiger partial charge in [-0.25, -0.2) is 13.4 Å². The first-order chi connectivity index (χ1) is 15.8. The maximum Gasteiger partial charge on any atom is 0.261 e. The van der Waals surface area contributed by atoms with Gasteiger partial charge in [-0.3, -0.25) is 4.72 Å². The van der Waals surface area contributed by atoms with E-state index in [1.54, 1.807) is 18.2 Å². The first kappa shape index (κ1) is 21.9. The molecule has 3 N–H and O–H groups in total. The molecule has 0 radical (unpaired) electrons. The summed E-state index contributed by atoms with van der Waals surface area (Å²) in [6, 6.07) is 11.7. The van der Waals surface area contributed by atoms with Gasteiger partial charge in [0.1, 0.15) is 5.82 Å². The molecule has 2 aromatic carbocycles. The first-order valence-corrected chi connectivity index (χ1v) is 12.7. The van der Waals surface area contributed by atoms with Crippen LogP contribution in [0.15, 0.2) is 47.4 Å². The third kappa shape index (κ3) is 4.36. The Morgan fingerprint density at radius 1 is 1.03 bits per heavy atom. The van der Waals surface area contributed by atoms with Crippen molar-refractivity contribution in [2.24, 2.45) is 0 Å². The number of piperazine rings is 1. The molecule has 5 rings (SSSR count). The summed E-state index contributed by atoms with van der Waals surface area (Å²) in [4.78, 5) is 13.9. The van der Waals surface area contributed by atoms with E-state index >= 15 is 0 Å². The average molecular weight is 485 g/mol. The Hall–Kier alpha value is -2.88. The fourth-order valence-corrected chi connectivity index (χ4v) is 5.77. The summed E-state index contributed by atoms with van der Waals surface area (Å²) in [5.41, 5.74) is 10.5. The molecule has 1 aromatic heterocycles. The number of nitrogens with one attached hydrogen (secondary N) is 1. The highest BCUT2D eigenvalue weighted by molar-refractivity contribution is 7.92. The Kier molecular flexibility index (Phi) is 5.64. The summed E-state index contributed by atoms with van der Waals surface area (Å²) >= 11 is 5.97. The molecule has 1 aliphatic carbocycles. The lowest BCUT2D eigenvalue weighted by molar-refractivity contribution is 0.312. The number of hydrogen-bond acceptors (Lipinski definition) is 7. The van der Waals surface area contributed by atoms with Crippen LogP contribution in [0.4, 0.5) is 17.5 Å². The molecule has 3 aromatic rings. The minimum Gasteiger partial charge on any atom is -0.368 e. The average Bonchev–Trinajstić information content (AvgIpc) is 2.78. The van der Waals surface area contributed by atoms with Crippen LogP contribution in [0.1, 0.15) is 11.1 Å². The molecule has 33 heavy (non-hydrogen) atoms. The molecule has 1 saturated heterocycles. The summed E-state index contributed by atoms with van der Waals surface area (Å²) in [5.74, 6) is 1.17. The molecule has 0 bridgehead atoms. The second-order valence-corrected chi connectivity index (χ2v) is 10.6. The van der Waals surface area contributed by atoms with Crippen molar-refractivity contribution in [1.82, 2.24) is 14.9 Å². The lowest BCUT2D eigenvalue weighted by atomic mass is 9.88. The van der Waals surface area contributed by atoms with Crippen molar-refractivity contribution >= 4 is 39.1 Å². The largest absolute Gasteiger partial charge is 0.368 e.